The number of hydrogen-bond donors (Lipinski definition) is 1. The average molecular weight is 284 g/mol. The molecule has 0 saturated heterocycles. The smallest absolute Gasteiger partial charge is 0.350 e. The quantitative estimate of drug-likeness (QED) is 0.780. The summed E-state index contributed by atoms with van der Waals surface area (Å²) in [6.45, 7) is 8.51. The van der Waals surface area contributed by atoms with E-state index in [9.17, 15) is 4.79 Å². The van der Waals surface area contributed by atoms with Gasteiger partial charge in [0.1, 0.15) is 9.88 Å². The maximum absolute atomic E-state index is 11.9. The minimum Gasteiger partial charge on any atom is -0.462 e. The molecule has 0 aliphatic carbocycles. The molecule has 108 valence electrons. The molecule has 1 aromatic heterocycles. The molecule has 0 aromatic carbocycles. The van der Waals surface area contributed by atoms with Gasteiger partial charge in [0.25, 0.3) is 0 Å². The Balaban J connectivity index is 3.01. The fraction of sp³-hybridized carbons (Fsp3) is 0.714. The summed E-state index contributed by atoms with van der Waals surface area (Å²) in [4.78, 5) is 17.1. The van der Waals surface area contributed by atoms with Crippen molar-refractivity contribution in [2.45, 2.75) is 53.0 Å². The molecule has 4 nitrogen and oxygen atoms in total. The third-order valence-electron chi connectivity index (χ3n) is 2.69. The van der Waals surface area contributed by atoms with E-state index in [1.807, 2.05) is 6.92 Å². The van der Waals surface area contributed by atoms with Crippen LogP contribution in [0.3, 0.4) is 0 Å². The van der Waals surface area contributed by atoms with Gasteiger partial charge < -0.3 is 10.5 Å². The highest BCUT2D eigenvalue weighted by Crippen LogP contribution is 2.27. The lowest BCUT2D eigenvalue weighted by molar-refractivity contribution is 0.0530. The van der Waals surface area contributed by atoms with E-state index in [2.05, 4.69) is 25.8 Å². The van der Waals surface area contributed by atoms with Crippen LogP contribution < -0.4 is 5.73 Å². The maximum atomic E-state index is 11.9. The van der Waals surface area contributed by atoms with Crippen LogP contribution in [0.5, 0.6) is 0 Å². The van der Waals surface area contributed by atoms with Crippen LogP contribution in [0.1, 0.15) is 67.0 Å². The van der Waals surface area contributed by atoms with Crippen LogP contribution in [0.25, 0.3) is 0 Å². The lowest BCUT2D eigenvalue weighted by atomic mass is 10.1. The van der Waals surface area contributed by atoms with Crippen LogP contribution in [0.2, 0.25) is 0 Å². The molecule has 0 aliphatic heterocycles. The zero-order chi connectivity index (χ0) is 14.4. The largest absolute Gasteiger partial charge is 0.462 e. The van der Waals surface area contributed by atoms with Crippen molar-refractivity contribution in [3.63, 3.8) is 0 Å². The second-order valence-electron chi connectivity index (χ2n) is 5.04. The Morgan fingerprint density at radius 2 is 2.11 bits per heavy atom. The first-order valence-corrected chi connectivity index (χ1v) is 7.73. The molecule has 1 unspecified atom stereocenters. The van der Waals surface area contributed by atoms with E-state index < -0.39 is 0 Å². The van der Waals surface area contributed by atoms with Gasteiger partial charge in [0.05, 0.1) is 18.3 Å². The Morgan fingerprint density at radius 3 is 2.63 bits per heavy atom. The van der Waals surface area contributed by atoms with Crippen molar-refractivity contribution in [1.82, 2.24) is 4.98 Å². The molecular formula is C14H24N2O2S. The van der Waals surface area contributed by atoms with Crippen molar-refractivity contribution in [3.8, 4) is 0 Å². The number of esters is 1. The molecule has 0 spiro atoms. The second kappa shape index (κ2) is 7.60. The van der Waals surface area contributed by atoms with Crippen LogP contribution in [-0.4, -0.2) is 17.6 Å². The maximum Gasteiger partial charge on any atom is 0.350 e. The van der Waals surface area contributed by atoms with Crippen LogP contribution in [0.15, 0.2) is 0 Å². The summed E-state index contributed by atoms with van der Waals surface area (Å²) in [5, 5.41) is 0.848. The van der Waals surface area contributed by atoms with Gasteiger partial charge in [0.15, 0.2) is 0 Å². The van der Waals surface area contributed by atoms with E-state index in [-0.39, 0.29) is 12.0 Å². The topological polar surface area (TPSA) is 65.2 Å². The molecule has 1 heterocycles. The van der Waals surface area contributed by atoms with Crippen LogP contribution in [0, 0.1) is 5.92 Å². The van der Waals surface area contributed by atoms with Crippen molar-refractivity contribution in [2.24, 2.45) is 11.7 Å². The van der Waals surface area contributed by atoms with Crippen LogP contribution in [-0.2, 0) is 11.2 Å². The molecule has 0 saturated carbocycles. The summed E-state index contributed by atoms with van der Waals surface area (Å²) in [7, 11) is 0. The first-order valence-electron chi connectivity index (χ1n) is 6.91. The number of thiazole rings is 1. The standard InChI is InChI=1S/C14H24N2O2S/c1-5-7-10(15)13-16-11(8-9(3)4)12(19-13)14(17)18-6-2/h9-10H,5-8,15H2,1-4H3. The lowest BCUT2D eigenvalue weighted by Gasteiger charge is -2.05. The number of carbonyl (C=O) groups is 1. The average Bonchev–Trinajstić information content (AvgIpc) is 2.73. The minimum absolute atomic E-state index is 0.0795. The van der Waals surface area contributed by atoms with Crippen molar-refractivity contribution in [3.05, 3.63) is 15.6 Å². The van der Waals surface area contributed by atoms with E-state index in [0.717, 1.165) is 30.0 Å². The zero-order valence-corrected chi connectivity index (χ0v) is 13.0. The Bertz CT molecular complexity index is 416. The summed E-state index contributed by atoms with van der Waals surface area (Å²) in [5.41, 5.74) is 6.92. The molecule has 0 aliphatic rings. The number of nitrogens with zero attached hydrogens (tertiary/aromatic N) is 1. The molecule has 19 heavy (non-hydrogen) atoms. The van der Waals surface area contributed by atoms with E-state index in [1.54, 1.807) is 0 Å². The van der Waals surface area contributed by atoms with Crippen LogP contribution >= 0.6 is 11.3 Å². The minimum atomic E-state index is -0.273. The van der Waals surface area contributed by atoms with Gasteiger partial charge in [-0.15, -0.1) is 11.3 Å². The van der Waals surface area contributed by atoms with Crippen LogP contribution in [0.4, 0.5) is 0 Å². The highest BCUT2D eigenvalue weighted by molar-refractivity contribution is 7.13. The molecule has 0 amide bonds. The first kappa shape index (κ1) is 16.1. The molecule has 0 bridgehead atoms. The Morgan fingerprint density at radius 1 is 1.42 bits per heavy atom. The number of rotatable bonds is 7. The van der Waals surface area contributed by atoms with E-state index in [1.165, 1.54) is 11.3 Å². The predicted molar refractivity (Wildman–Crippen MR) is 78.4 cm³/mol. The Hall–Kier alpha value is -0.940. The summed E-state index contributed by atoms with van der Waals surface area (Å²) >= 11 is 1.39. The summed E-state index contributed by atoms with van der Waals surface area (Å²) in [6, 6.07) is -0.0795. The highest BCUT2D eigenvalue weighted by atomic mass is 32.1. The zero-order valence-electron chi connectivity index (χ0n) is 12.2. The Kier molecular flexibility index (Phi) is 6.45. The monoisotopic (exact) mass is 284 g/mol. The van der Waals surface area contributed by atoms with Gasteiger partial charge >= 0.3 is 5.97 Å². The SMILES string of the molecule is CCCC(N)c1nc(CC(C)C)c(C(=O)OCC)s1. The van der Waals surface area contributed by atoms with Gasteiger partial charge in [-0.3, -0.25) is 0 Å². The van der Waals surface area contributed by atoms with Crippen molar-refractivity contribution < 1.29 is 9.53 Å². The van der Waals surface area contributed by atoms with Gasteiger partial charge in [0, 0.05) is 0 Å². The number of carbonyl (C=O) groups excluding carboxylic acids is 1. The molecule has 0 fully saturated rings. The summed E-state index contributed by atoms with van der Waals surface area (Å²) < 4.78 is 5.09. The third-order valence-corrected chi connectivity index (χ3v) is 3.90. The van der Waals surface area contributed by atoms with Crippen molar-refractivity contribution >= 4 is 17.3 Å². The van der Waals surface area contributed by atoms with Crippen molar-refractivity contribution in [1.29, 1.82) is 0 Å². The fourth-order valence-corrected chi connectivity index (χ4v) is 2.87. The first-order chi connectivity index (χ1) is 8.99. The van der Waals surface area contributed by atoms with Crippen molar-refractivity contribution in [2.75, 3.05) is 6.61 Å². The van der Waals surface area contributed by atoms with Gasteiger partial charge in [0.2, 0.25) is 0 Å². The van der Waals surface area contributed by atoms with Gasteiger partial charge in [-0.2, -0.15) is 0 Å². The number of hydrogen-bond acceptors (Lipinski definition) is 5. The van der Waals surface area contributed by atoms with E-state index >= 15 is 0 Å². The Labute approximate surface area is 119 Å². The molecular weight excluding hydrogens is 260 g/mol. The molecule has 1 rings (SSSR count). The number of ether oxygens (including phenoxy) is 1. The van der Waals surface area contributed by atoms with E-state index in [0.29, 0.717) is 17.4 Å². The normalized spacial score (nSPS) is 12.7. The molecule has 0 radical (unpaired) electrons. The summed E-state index contributed by atoms with van der Waals surface area (Å²) in [6.07, 6.45) is 2.68. The second-order valence-corrected chi connectivity index (χ2v) is 6.07. The van der Waals surface area contributed by atoms with Gasteiger partial charge in [-0.1, -0.05) is 27.2 Å². The lowest BCUT2D eigenvalue weighted by Crippen LogP contribution is -2.09. The predicted octanol–water partition coefficient (Wildman–Crippen LogP) is 3.32. The molecule has 2 N–H and O–H groups in total. The molecule has 5 heteroatoms. The molecule has 1 aromatic rings. The number of aromatic nitrogens is 1. The highest BCUT2D eigenvalue weighted by Gasteiger charge is 2.22. The van der Waals surface area contributed by atoms with E-state index in [4.69, 9.17) is 10.5 Å². The molecule has 1 atom stereocenters. The fourth-order valence-electron chi connectivity index (χ4n) is 1.84. The number of nitrogens with two attached hydrogens (primary N) is 1. The van der Waals surface area contributed by atoms with Gasteiger partial charge in [-0.05, 0) is 25.7 Å². The van der Waals surface area contributed by atoms with Gasteiger partial charge in [-0.25, -0.2) is 9.78 Å². The third kappa shape index (κ3) is 4.58. The summed E-state index contributed by atoms with van der Waals surface area (Å²) in [5.74, 6) is 0.177.